The predicted octanol–water partition coefficient (Wildman–Crippen LogP) is 3.23. The fourth-order valence-electron chi connectivity index (χ4n) is 3.58. The van der Waals surface area contributed by atoms with Gasteiger partial charge in [0.15, 0.2) is 0 Å². The van der Waals surface area contributed by atoms with E-state index >= 15 is 0 Å². The standard InChI is InChI=1S/C21H22N4O2/c1-27-14-13-25-17-9-12-23-21(26)18(17)19(24-16-5-3-2-4-6-16)20(25)15-7-10-22-11-8-15/h2-8,10-11,24H,9,12-14H2,1H3,(H,23,26). The zero-order valence-corrected chi connectivity index (χ0v) is 15.2. The second kappa shape index (κ2) is 7.63. The largest absolute Gasteiger partial charge is 0.383 e. The predicted molar refractivity (Wildman–Crippen MR) is 105 cm³/mol. The fraction of sp³-hybridized carbons (Fsp3) is 0.238. The maximum absolute atomic E-state index is 12.8. The van der Waals surface area contributed by atoms with E-state index in [1.54, 1.807) is 19.5 Å². The number of methoxy groups -OCH3 is 1. The maximum atomic E-state index is 12.8. The highest BCUT2D eigenvalue weighted by atomic mass is 16.5. The molecule has 0 bridgehead atoms. The van der Waals surface area contributed by atoms with Crippen LogP contribution in [0.2, 0.25) is 0 Å². The van der Waals surface area contributed by atoms with E-state index in [-0.39, 0.29) is 5.91 Å². The minimum atomic E-state index is -0.0406. The molecule has 3 heterocycles. The third kappa shape index (κ3) is 3.31. The minimum absolute atomic E-state index is 0.0406. The van der Waals surface area contributed by atoms with Crippen LogP contribution in [0, 0.1) is 0 Å². The van der Waals surface area contributed by atoms with E-state index in [0.29, 0.717) is 25.3 Å². The average Bonchev–Trinajstić information content (AvgIpc) is 3.02. The summed E-state index contributed by atoms with van der Waals surface area (Å²) in [6, 6.07) is 13.9. The molecule has 0 unspecified atom stereocenters. The highest BCUT2D eigenvalue weighted by Crippen LogP contribution is 2.39. The van der Waals surface area contributed by atoms with Gasteiger partial charge in [0.1, 0.15) is 0 Å². The highest BCUT2D eigenvalue weighted by molar-refractivity contribution is 6.06. The summed E-state index contributed by atoms with van der Waals surface area (Å²) in [5, 5.41) is 6.46. The minimum Gasteiger partial charge on any atom is -0.383 e. The summed E-state index contributed by atoms with van der Waals surface area (Å²) in [5.74, 6) is -0.0406. The van der Waals surface area contributed by atoms with Gasteiger partial charge in [0, 0.05) is 56.0 Å². The van der Waals surface area contributed by atoms with Gasteiger partial charge in [-0.05, 0) is 24.3 Å². The second-order valence-electron chi connectivity index (χ2n) is 6.42. The summed E-state index contributed by atoms with van der Waals surface area (Å²) >= 11 is 0. The Labute approximate surface area is 158 Å². The molecule has 1 amide bonds. The van der Waals surface area contributed by atoms with Crippen molar-refractivity contribution < 1.29 is 9.53 Å². The lowest BCUT2D eigenvalue weighted by molar-refractivity contribution is 0.0945. The van der Waals surface area contributed by atoms with Gasteiger partial charge in [-0.3, -0.25) is 9.78 Å². The Kier molecular flexibility index (Phi) is 4.89. The van der Waals surface area contributed by atoms with Crippen LogP contribution >= 0.6 is 0 Å². The van der Waals surface area contributed by atoms with Crippen LogP contribution in [0.1, 0.15) is 16.1 Å². The normalized spacial score (nSPS) is 13.1. The third-order valence-electron chi connectivity index (χ3n) is 4.76. The molecule has 3 aromatic rings. The van der Waals surface area contributed by atoms with Gasteiger partial charge in [-0.15, -0.1) is 0 Å². The van der Waals surface area contributed by atoms with Crippen molar-refractivity contribution in [3.05, 3.63) is 66.1 Å². The van der Waals surface area contributed by atoms with Crippen LogP contribution in [0.4, 0.5) is 11.4 Å². The molecular formula is C21H22N4O2. The van der Waals surface area contributed by atoms with E-state index in [4.69, 9.17) is 4.74 Å². The van der Waals surface area contributed by atoms with Crippen molar-refractivity contribution in [2.45, 2.75) is 13.0 Å². The molecule has 0 saturated heterocycles. The monoisotopic (exact) mass is 362 g/mol. The Morgan fingerprint density at radius 3 is 2.70 bits per heavy atom. The van der Waals surface area contributed by atoms with Crippen molar-refractivity contribution in [1.82, 2.24) is 14.9 Å². The number of rotatable bonds is 6. The van der Waals surface area contributed by atoms with Crippen LogP contribution in [0.3, 0.4) is 0 Å². The fourth-order valence-corrected chi connectivity index (χ4v) is 3.58. The molecular weight excluding hydrogens is 340 g/mol. The Morgan fingerprint density at radius 2 is 1.96 bits per heavy atom. The maximum Gasteiger partial charge on any atom is 0.255 e. The number of hydrogen-bond acceptors (Lipinski definition) is 4. The van der Waals surface area contributed by atoms with Gasteiger partial charge in [-0.25, -0.2) is 0 Å². The molecule has 2 N–H and O–H groups in total. The van der Waals surface area contributed by atoms with E-state index in [9.17, 15) is 4.79 Å². The Balaban J connectivity index is 1.93. The van der Waals surface area contributed by atoms with Crippen molar-refractivity contribution >= 4 is 17.3 Å². The Hall–Kier alpha value is -3.12. The van der Waals surface area contributed by atoms with Crippen LogP contribution in [0.15, 0.2) is 54.9 Å². The van der Waals surface area contributed by atoms with Crippen molar-refractivity contribution in [3.63, 3.8) is 0 Å². The second-order valence-corrected chi connectivity index (χ2v) is 6.42. The van der Waals surface area contributed by atoms with Crippen molar-refractivity contribution in [3.8, 4) is 11.3 Å². The molecule has 2 aromatic heterocycles. The topological polar surface area (TPSA) is 68.2 Å². The third-order valence-corrected chi connectivity index (χ3v) is 4.76. The molecule has 27 heavy (non-hydrogen) atoms. The molecule has 0 radical (unpaired) electrons. The van der Waals surface area contributed by atoms with E-state index < -0.39 is 0 Å². The van der Waals surface area contributed by atoms with Crippen molar-refractivity contribution in [1.29, 1.82) is 0 Å². The van der Waals surface area contributed by atoms with Gasteiger partial charge in [-0.1, -0.05) is 18.2 Å². The SMILES string of the molecule is COCCn1c2c(c(Nc3ccccc3)c1-c1ccncc1)C(=O)NCC2. The highest BCUT2D eigenvalue weighted by Gasteiger charge is 2.30. The van der Waals surface area contributed by atoms with E-state index in [1.165, 1.54) is 0 Å². The van der Waals surface area contributed by atoms with Crippen LogP contribution < -0.4 is 10.6 Å². The number of hydrogen-bond donors (Lipinski definition) is 2. The smallest absolute Gasteiger partial charge is 0.255 e. The molecule has 0 aliphatic carbocycles. The first-order chi connectivity index (χ1) is 13.3. The first kappa shape index (κ1) is 17.3. The molecule has 0 fully saturated rings. The molecule has 1 aliphatic heterocycles. The molecule has 6 nitrogen and oxygen atoms in total. The number of anilines is 2. The summed E-state index contributed by atoms with van der Waals surface area (Å²) in [7, 11) is 1.69. The number of pyridine rings is 1. The Morgan fingerprint density at radius 1 is 1.19 bits per heavy atom. The molecule has 0 saturated carbocycles. The Bertz CT molecular complexity index is 936. The molecule has 1 aliphatic rings. The quantitative estimate of drug-likeness (QED) is 0.706. The van der Waals surface area contributed by atoms with E-state index in [2.05, 4.69) is 20.2 Å². The number of amides is 1. The van der Waals surface area contributed by atoms with Gasteiger partial charge >= 0.3 is 0 Å². The number of carbonyl (C=O) groups is 1. The zero-order valence-electron chi connectivity index (χ0n) is 15.2. The number of nitrogens with zero attached hydrogens (tertiary/aromatic N) is 2. The number of para-hydroxylation sites is 1. The summed E-state index contributed by atoms with van der Waals surface area (Å²) < 4.78 is 7.53. The molecule has 6 heteroatoms. The summed E-state index contributed by atoms with van der Waals surface area (Å²) in [5.41, 5.74) is 5.53. The van der Waals surface area contributed by atoms with Crippen molar-refractivity contribution in [2.75, 3.05) is 25.6 Å². The van der Waals surface area contributed by atoms with Gasteiger partial charge < -0.3 is 19.9 Å². The van der Waals surface area contributed by atoms with E-state index in [1.807, 2.05) is 42.5 Å². The summed E-state index contributed by atoms with van der Waals surface area (Å²) in [6.45, 7) is 1.90. The number of fused-ring (bicyclic) bond motifs is 1. The molecule has 0 atom stereocenters. The zero-order chi connectivity index (χ0) is 18.6. The molecule has 1 aromatic carbocycles. The first-order valence-corrected chi connectivity index (χ1v) is 9.04. The number of ether oxygens (including phenoxy) is 1. The average molecular weight is 362 g/mol. The summed E-state index contributed by atoms with van der Waals surface area (Å²) in [4.78, 5) is 16.9. The number of aromatic nitrogens is 2. The van der Waals surface area contributed by atoms with E-state index in [0.717, 1.165) is 34.7 Å². The lowest BCUT2D eigenvalue weighted by Gasteiger charge is -2.17. The lowest BCUT2D eigenvalue weighted by Crippen LogP contribution is -2.32. The van der Waals surface area contributed by atoms with Crippen LogP contribution in [-0.4, -0.2) is 35.7 Å². The number of carbonyl (C=O) groups excluding carboxylic acids is 1. The summed E-state index contributed by atoms with van der Waals surface area (Å²) in [6.07, 6.45) is 4.34. The van der Waals surface area contributed by atoms with Gasteiger partial charge in [0.25, 0.3) is 5.91 Å². The molecule has 4 rings (SSSR count). The first-order valence-electron chi connectivity index (χ1n) is 9.04. The van der Waals surface area contributed by atoms with Crippen LogP contribution in [0.25, 0.3) is 11.3 Å². The van der Waals surface area contributed by atoms with Crippen LogP contribution in [0.5, 0.6) is 0 Å². The number of nitrogens with one attached hydrogen (secondary N) is 2. The van der Waals surface area contributed by atoms with Crippen molar-refractivity contribution in [2.24, 2.45) is 0 Å². The number of benzene rings is 1. The van der Waals surface area contributed by atoms with Gasteiger partial charge in [0.2, 0.25) is 0 Å². The van der Waals surface area contributed by atoms with Crippen LogP contribution in [-0.2, 0) is 17.7 Å². The molecule has 138 valence electrons. The van der Waals surface area contributed by atoms with Gasteiger partial charge in [-0.2, -0.15) is 0 Å². The lowest BCUT2D eigenvalue weighted by atomic mass is 10.1. The molecule has 0 spiro atoms. The van der Waals surface area contributed by atoms with Gasteiger partial charge in [0.05, 0.1) is 23.6 Å².